The van der Waals surface area contributed by atoms with Crippen LogP contribution >= 0.6 is 0 Å². The second kappa shape index (κ2) is 23.9. The summed E-state index contributed by atoms with van der Waals surface area (Å²) in [7, 11) is 1.38. The number of aryl methyl sites for hydroxylation is 1. The van der Waals surface area contributed by atoms with E-state index in [1.165, 1.54) is 47.1 Å². The summed E-state index contributed by atoms with van der Waals surface area (Å²) in [6, 6.07) is 29.5. The van der Waals surface area contributed by atoms with Crippen LogP contribution in [0.5, 0.6) is 23.0 Å². The predicted octanol–water partition coefficient (Wildman–Crippen LogP) is 11.5. The molecule has 0 amide bonds. The van der Waals surface area contributed by atoms with Crippen LogP contribution in [-0.2, 0) is 33.1 Å². The van der Waals surface area contributed by atoms with E-state index in [1.807, 2.05) is 12.1 Å². The quantitative estimate of drug-likeness (QED) is 0.0265. The number of benzene rings is 5. The zero-order valence-electron chi connectivity index (χ0n) is 49.9. The molecule has 11 rings (SSSR count). The molecule has 6 N–H and O–H groups in total. The molecule has 0 radical (unpaired) electrons. The zero-order chi connectivity index (χ0) is 60.1. The van der Waals surface area contributed by atoms with Crippen molar-refractivity contribution in [3.8, 4) is 23.0 Å². The Hall–Kier alpha value is -7.79. The van der Waals surface area contributed by atoms with Gasteiger partial charge in [-0.05, 0) is 138 Å². The fraction of sp³-hybridized carbons (Fsp3) is 0.386. The van der Waals surface area contributed by atoms with E-state index >= 15 is 0 Å². The van der Waals surface area contributed by atoms with Crippen molar-refractivity contribution in [1.82, 2.24) is 0 Å². The number of phenols is 2. The van der Waals surface area contributed by atoms with Crippen molar-refractivity contribution in [3.05, 3.63) is 188 Å². The Morgan fingerprint density at radius 2 is 1.60 bits per heavy atom. The number of carbonyl (C=O) groups excluding carboxylic acids is 2. The summed E-state index contributed by atoms with van der Waals surface area (Å²) in [5, 5.41) is 54.5. The van der Waals surface area contributed by atoms with E-state index < -0.39 is 66.2 Å². The third-order valence-electron chi connectivity index (χ3n) is 18.3. The van der Waals surface area contributed by atoms with E-state index in [1.54, 1.807) is 25.3 Å². The number of ketones is 2. The number of likely N-dealkylation sites (N-methyl/N-ethyl adjacent to an activating group) is 1. The van der Waals surface area contributed by atoms with Gasteiger partial charge in [0.2, 0.25) is 11.5 Å². The van der Waals surface area contributed by atoms with Gasteiger partial charge in [-0.1, -0.05) is 80.6 Å². The molecule has 442 valence electrons. The number of aromatic hydroxyl groups is 2. The van der Waals surface area contributed by atoms with Crippen LogP contribution in [0, 0.1) is 5.92 Å². The molecule has 0 saturated carbocycles. The summed E-state index contributed by atoms with van der Waals surface area (Å²) in [6.07, 6.45) is 11.4. The summed E-state index contributed by atoms with van der Waals surface area (Å²) in [5.74, 6) is -1.17. The van der Waals surface area contributed by atoms with Crippen molar-refractivity contribution in [2.75, 3.05) is 31.7 Å². The van der Waals surface area contributed by atoms with Crippen LogP contribution in [0.2, 0.25) is 0 Å². The fourth-order valence-corrected chi connectivity index (χ4v) is 13.8. The standard InChI is InChI=1S/C70H77N5O10/c1-9-74-52-24-13-11-22-48(52)69(4,5)56(74)33-29-42-19-15-20-43(30-34-57-70(6,7)49-23-12-14-25-53(49)75(57)10-2)68(42)84-45-31-27-41(28-32-45)18-17-35-72-73-51(39-76)44-36-47-60(55(37-44)85-58-38-50(71)63(77)40(3)83-58)67(81)62-61(65(47)79)64(78)46-21-16-26-54(82-8)59(46)66(62)80/h11-14,16,21-35,40,44,50,55,58,63,76-77H,9-10,15,17-20,36-39,71H2,1-8H3,(H-,78,79,80,81)/p+1/b72-35+,73-51+/t40?,44?,50?,55-,58?,63?/m0/s1. The molecule has 5 unspecified atom stereocenters. The van der Waals surface area contributed by atoms with Crippen molar-refractivity contribution in [3.63, 3.8) is 0 Å². The van der Waals surface area contributed by atoms with E-state index in [2.05, 4.69) is 146 Å². The molecule has 6 atom stereocenters. The molecule has 5 aromatic rings. The number of fused-ring (bicyclic) bond motifs is 5. The van der Waals surface area contributed by atoms with Gasteiger partial charge >= 0.3 is 0 Å². The lowest BCUT2D eigenvalue weighted by Crippen LogP contribution is -2.52. The lowest BCUT2D eigenvalue weighted by molar-refractivity contribution is -0.433. The number of carbonyl (C=O) groups is 2. The minimum absolute atomic E-state index is 0.0229. The average Bonchev–Trinajstić information content (AvgIpc) is 2.71. The van der Waals surface area contributed by atoms with Gasteiger partial charge < -0.3 is 50.0 Å². The molecular formula is C70H78N5O10+. The van der Waals surface area contributed by atoms with E-state index in [9.17, 15) is 30.0 Å². The first-order valence-corrected chi connectivity index (χ1v) is 29.9. The third-order valence-corrected chi connectivity index (χ3v) is 18.3. The molecule has 85 heavy (non-hydrogen) atoms. The molecule has 3 aliphatic carbocycles. The van der Waals surface area contributed by atoms with Crippen LogP contribution in [0.15, 0.2) is 148 Å². The summed E-state index contributed by atoms with van der Waals surface area (Å²) in [5.41, 5.74) is 16.9. The summed E-state index contributed by atoms with van der Waals surface area (Å²) in [6.45, 7) is 16.6. The van der Waals surface area contributed by atoms with E-state index in [0.717, 1.165) is 60.6 Å². The maximum absolute atomic E-state index is 14.2. The number of aliphatic hydroxyl groups excluding tert-OH is 2. The van der Waals surface area contributed by atoms with Gasteiger partial charge in [-0.25, -0.2) is 0 Å². The monoisotopic (exact) mass is 1150 g/mol. The highest BCUT2D eigenvalue weighted by molar-refractivity contribution is 6.31. The number of rotatable bonds is 16. The van der Waals surface area contributed by atoms with Crippen molar-refractivity contribution >= 4 is 40.6 Å². The summed E-state index contributed by atoms with van der Waals surface area (Å²) in [4.78, 5) is 30.8. The summed E-state index contributed by atoms with van der Waals surface area (Å²) >= 11 is 0. The molecule has 0 spiro atoms. The topological polar surface area (TPSA) is 209 Å². The minimum Gasteiger partial charge on any atom is -0.507 e. The maximum atomic E-state index is 14.2. The third kappa shape index (κ3) is 10.7. The zero-order valence-corrected chi connectivity index (χ0v) is 49.9. The van der Waals surface area contributed by atoms with Gasteiger partial charge in [0.15, 0.2) is 17.8 Å². The van der Waals surface area contributed by atoms with E-state index in [4.69, 9.17) is 24.7 Å². The first-order valence-electron chi connectivity index (χ1n) is 29.9. The number of hydrogen-bond donors (Lipinski definition) is 5. The molecule has 15 heteroatoms. The number of ether oxygens (including phenoxy) is 4. The molecule has 1 fully saturated rings. The number of nitrogens with two attached hydrogens (primary N) is 1. The largest absolute Gasteiger partial charge is 0.507 e. The Bertz CT molecular complexity index is 3680. The van der Waals surface area contributed by atoms with Crippen LogP contribution < -0.4 is 20.1 Å². The Morgan fingerprint density at radius 1 is 0.859 bits per heavy atom. The second-order valence-corrected chi connectivity index (χ2v) is 24.1. The Morgan fingerprint density at radius 3 is 2.33 bits per heavy atom. The van der Waals surface area contributed by atoms with E-state index in [0.29, 0.717) is 12.8 Å². The van der Waals surface area contributed by atoms with Crippen LogP contribution in [-0.4, -0.2) is 106 Å². The van der Waals surface area contributed by atoms with Crippen LogP contribution in [0.4, 0.5) is 11.4 Å². The first-order chi connectivity index (χ1) is 40.9. The van der Waals surface area contributed by atoms with Gasteiger partial charge in [0.25, 0.3) is 0 Å². The van der Waals surface area contributed by atoms with Gasteiger partial charge in [0, 0.05) is 82.3 Å². The molecule has 5 aromatic carbocycles. The number of aliphatic hydroxyl groups is 2. The van der Waals surface area contributed by atoms with Crippen LogP contribution in [0.3, 0.4) is 0 Å². The molecule has 0 bridgehead atoms. The van der Waals surface area contributed by atoms with Gasteiger partial charge in [0.05, 0.1) is 59.8 Å². The van der Waals surface area contributed by atoms with Gasteiger partial charge in [-0.3, -0.25) is 9.59 Å². The number of methoxy groups -OCH3 is 1. The van der Waals surface area contributed by atoms with Crippen molar-refractivity contribution < 1.29 is 53.5 Å². The molecule has 15 nitrogen and oxygen atoms in total. The lowest BCUT2D eigenvalue weighted by atomic mass is 9.73. The molecule has 3 heterocycles. The molecule has 1 saturated heterocycles. The number of hydrogen-bond acceptors (Lipinski definition) is 14. The van der Waals surface area contributed by atoms with Crippen LogP contribution in [0.1, 0.15) is 153 Å². The second-order valence-electron chi connectivity index (χ2n) is 24.1. The van der Waals surface area contributed by atoms with Gasteiger partial charge in [-0.2, -0.15) is 14.8 Å². The lowest BCUT2D eigenvalue weighted by Gasteiger charge is -2.40. The molecule has 0 aromatic heterocycles. The highest BCUT2D eigenvalue weighted by Crippen LogP contribution is 2.53. The van der Waals surface area contributed by atoms with Gasteiger partial charge in [0.1, 0.15) is 35.3 Å². The number of nitrogens with zero attached hydrogens (tertiary/aromatic N) is 4. The maximum Gasteiger partial charge on any atom is 0.209 e. The van der Waals surface area contributed by atoms with Gasteiger partial charge in [-0.15, -0.1) is 0 Å². The smallest absolute Gasteiger partial charge is 0.209 e. The molecular weight excluding hydrogens is 1070 g/mol. The highest BCUT2D eigenvalue weighted by Gasteiger charge is 2.47. The minimum atomic E-state index is -1.04. The summed E-state index contributed by atoms with van der Waals surface area (Å²) < 4.78 is 27.5. The van der Waals surface area contributed by atoms with Crippen LogP contribution in [0.25, 0.3) is 0 Å². The number of para-hydroxylation sites is 2. The molecule has 6 aliphatic rings. The number of anilines is 1. The van der Waals surface area contributed by atoms with E-state index in [-0.39, 0.29) is 74.9 Å². The SMILES string of the molecule is CCN1C(=CC=C2CCCC(C=CC3=[N+](CC)c4ccccc4C3(C)C)=C2Oc2ccc(CC/C=N/N=C(\CO)C3Cc4c(O)c5c(c(O)c4[C@@H](OC4CC(N)C(O)C(C)O4)C3)C(=O)c3c(OC)cccc3C5=O)cc2)C(C)(C)c2ccccc21. The number of phenolic OH excluding ortho intramolecular Hbond substituents is 2. The predicted molar refractivity (Wildman–Crippen MR) is 330 cm³/mol. The Kier molecular flexibility index (Phi) is 16.6. The average molecular weight is 1150 g/mol. The fourth-order valence-electron chi connectivity index (χ4n) is 13.8. The van der Waals surface area contributed by atoms with Crippen molar-refractivity contribution in [2.45, 2.75) is 141 Å². The normalized spacial score (nSPS) is 24.4. The first kappa shape index (κ1) is 59.0. The van der Waals surface area contributed by atoms with Crippen molar-refractivity contribution in [1.29, 1.82) is 0 Å². The number of allylic oxidation sites excluding steroid dienone is 7. The Balaban J connectivity index is 0.839. The van der Waals surface area contributed by atoms with Crippen molar-refractivity contribution in [2.24, 2.45) is 21.9 Å². The Labute approximate surface area is 497 Å². The highest BCUT2D eigenvalue weighted by atomic mass is 16.7. The molecule has 3 aliphatic heterocycles.